The predicted molar refractivity (Wildman–Crippen MR) is 77.3 cm³/mol. The van der Waals surface area contributed by atoms with Crippen LogP contribution >= 0.6 is 0 Å². The van der Waals surface area contributed by atoms with Gasteiger partial charge in [-0.05, 0) is 5.16 Å². The summed E-state index contributed by atoms with van der Waals surface area (Å²) in [4.78, 5) is 16.6. The van der Waals surface area contributed by atoms with Crippen LogP contribution in [0.25, 0.3) is 0 Å². The molecule has 1 amide bonds. The number of carbonyl (C=O) groups excluding carboxylic acids is 1. The molecule has 2 aromatic heterocycles. The summed E-state index contributed by atoms with van der Waals surface area (Å²) >= 11 is 0. The molecule has 0 fully saturated rings. The highest BCUT2D eigenvalue weighted by Gasteiger charge is 2.35. The Hall–Kier alpha value is -2.35. The molecule has 0 bridgehead atoms. The average molecular weight is 308 g/mol. The van der Waals surface area contributed by atoms with Crippen LogP contribution in [0, 0.1) is 5.41 Å². The Bertz CT molecular complexity index is 647. The number of aliphatic hydroxyl groups excluding tert-OH is 1. The van der Waals surface area contributed by atoms with Gasteiger partial charge in [0.2, 0.25) is 5.76 Å². The lowest BCUT2D eigenvalue weighted by Crippen LogP contribution is -2.41. The van der Waals surface area contributed by atoms with Crippen molar-refractivity contribution in [2.75, 3.05) is 13.7 Å². The molecule has 0 aliphatic carbocycles. The minimum Gasteiger partial charge on any atom is -0.479 e. The summed E-state index contributed by atoms with van der Waals surface area (Å²) < 4.78 is 11.6. The molecule has 0 saturated heterocycles. The SMILES string of the molecule is COc1cc(C(=O)NC(c2nccn2C)C(C)(C)CO)on1. The van der Waals surface area contributed by atoms with E-state index >= 15 is 0 Å². The topological polar surface area (TPSA) is 102 Å². The van der Waals surface area contributed by atoms with E-state index in [0.717, 1.165) is 0 Å². The van der Waals surface area contributed by atoms with Crippen molar-refractivity contribution in [2.24, 2.45) is 12.5 Å². The summed E-state index contributed by atoms with van der Waals surface area (Å²) in [6.45, 7) is 3.56. The second-order valence-corrected chi connectivity index (χ2v) is 5.68. The van der Waals surface area contributed by atoms with E-state index in [1.54, 1.807) is 17.0 Å². The summed E-state index contributed by atoms with van der Waals surface area (Å²) in [6.07, 6.45) is 3.42. The van der Waals surface area contributed by atoms with Gasteiger partial charge in [-0.2, -0.15) is 0 Å². The zero-order valence-electron chi connectivity index (χ0n) is 13.0. The van der Waals surface area contributed by atoms with E-state index in [9.17, 15) is 9.90 Å². The Labute approximate surface area is 128 Å². The first-order valence-corrected chi connectivity index (χ1v) is 6.78. The lowest BCUT2D eigenvalue weighted by molar-refractivity contribution is 0.0759. The Morgan fingerprint density at radius 3 is 2.82 bits per heavy atom. The molecule has 22 heavy (non-hydrogen) atoms. The van der Waals surface area contributed by atoms with E-state index in [-0.39, 0.29) is 18.2 Å². The molecule has 0 radical (unpaired) electrons. The lowest BCUT2D eigenvalue weighted by Gasteiger charge is -2.32. The first-order chi connectivity index (χ1) is 10.4. The van der Waals surface area contributed by atoms with Gasteiger partial charge in [-0.3, -0.25) is 4.79 Å². The van der Waals surface area contributed by atoms with Crippen LogP contribution in [0.1, 0.15) is 36.3 Å². The van der Waals surface area contributed by atoms with Crippen molar-refractivity contribution in [2.45, 2.75) is 19.9 Å². The largest absolute Gasteiger partial charge is 0.479 e. The summed E-state index contributed by atoms with van der Waals surface area (Å²) in [7, 11) is 3.26. The minimum absolute atomic E-state index is 0.0322. The van der Waals surface area contributed by atoms with Crippen LogP contribution in [0.2, 0.25) is 0 Å². The zero-order valence-corrected chi connectivity index (χ0v) is 13.0. The molecule has 1 atom stereocenters. The quantitative estimate of drug-likeness (QED) is 0.822. The molecule has 0 aromatic carbocycles. The van der Waals surface area contributed by atoms with E-state index in [1.165, 1.54) is 13.2 Å². The first-order valence-electron chi connectivity index (χ1n) is 6.78. The van der Waals surface area contributed by atoms with E-state index in [1.807, 2.05) is 20.9 Å². The van der Waals surface area contributed by atoms with Gasteiger partial charge >= 0.3 is 0 Å². The van der Waals surface area contributed by atoms with Crippen molar-refractivity contribution in [3.8, 4) is 5.88 Å². The molecule has 2 aromatic rings. The summed E-state index contributed by atoms with van der Waals surface area (Å²) in [5, 5.41) is 16.1. The number of imidazole rings is 1. The average Bonchev–Trinajstić information content (AvgIpc) is 3.13. The van der Waals surface area contributed by atoms with Crippen LogP contribution in [0.3, 0.4) is 0 Å². The van der Waals surface area contributed by atoms with E-state index < -0.39 is 17.4 Å². The number of aromatic nitrogens is 3. The van der Waals surface area contributed by atoms with Crippen molar-refractivity contribution in [3.63, 3.8) is 0 Å². The standard InChI is InChI=1S/C14H20N4O4/c1-14(2,8-19)11(12-15-5-6-18(12)3)16-13(20)9-7-10(21-4)17-22-9/h5-7,11,19H,8H2,1-4H3,(H,16,20). The molecule has 8 heteroatoms. The fourth-order valence-corrected chi connectivity index (χ4v) is 2.02. The van der Waals surface area contributed by atoms with Crippen molar-refractivity contribution in [3.05, 3.63) is 30.0 Å². The van der Waals surface area contributed by atoms with Crippen LogP contribution < -0.4 is 10.1 Å². The van der Waals surface area contributed by atoms with Gasteiger partial charge in [0.15, 0.2) is 0 Å². The molecular weight excluding hydrogens is 288 g/mol. The fourth-order valence-electron chi connectivity index (χ4n) is 2.02. The van der Waals surface area contributed by atoms with Gasteiger partial charge in [0.25, 0.3) is 11.8 Å². The number of amides is 1. The third-order valence-electron chi connectivity index (χ3n) is 3.50. The number of carbonyl (C=O) groups is 1. The molecule has 1 unspecified atom stereocenters. The molecule has 8 nitrogen and oxygen atoms in total. The third-order valence-corrected chi connectivity index (χ3v) is 3.50. The maximum atomic E-state index is 12.3. The van der Waals surface area contributed by atoms with Crippen molar-refractivity contribution in [1.82, 2.24) is 20.0 Å². The van der Waals surface area contributed by atoms with Crippen molar-refractivity contribution < 1.29 is 19.2 Å². The Kier molecular flexibility index (Phi) is 4.51. The summed E-state index contributed by atoms with van der Waals surface area (Å²) in [6, 6.07) is 0.901. The molecule has 0 aliphatic rings. The number of nitrogens with one attached hydrogen (secondary N) is 1. The van der Waals surface area contributed by atoms with E-state index in [0.29, 0.717) is 5.82 Å². The Morgan fingerprint density at radius 2 is 2.32 bits per heavy atom. The number of ether oxygens (including phenoxy) is 1. The Morgan fingerprint density at radius 1 is 1.59 bits per heavy atom. The van der Waals surface area contributed by atoms with E-state index in [2.05, 4.69) is 15.5 Å². The Balaban J connectivity index is 2.27. The highest BCUT2D eigenvalue weighted by Crippen LogP contribution is 2.32. The summed E-state index contributed by atoms with van der Waals surface area (Å²) in [5.41, 5.74) is -0.612. The maximum Gasteiger partial charge on any atom is 0.290 e. The van der Waals surface area contributed by atoms with Gasteiger partial charge in [0.05, 0.1) is 25.8 Å². The normalized spacial score (nSPS) is 13.0. The van der Waals surface area contributed by atoms with Gasteiger partial charge in [0.1, 0.15) is 5.82 Å². The molecule has 0 spiro atoms. The minimum atomic E-state index is -0.612. The number of methoxy groups -OCH3 is 1. The molecular formula is C14H20N4O4. The van der Waals surface area contributed by atoms with Crippen LogP contribution in [0.15, 0.2) is 23.0 Å². The second-order valence-electron chi connectivity index (χ2n) is 5.68. The molecule has 0 aliphatic heterocycles. The van der Waals surface area contributed by atoms with Crippen molar-refractivity contribution in [1.29, 1.82) is 0 Å². The molecule has 0 saturated carbocycles. The van der Waals surface area contributed by atoms with Crippen LogP contribution in [-0.2, 0) is 7.05 Å². The number of nitrogens with zero attached hydrogens (tertiary/aromatic N) is 3. The van der Waals surface area contributed by atoms with Gasteiger partial charge in [-0.15, -0.1) is 0 Å². The first kappa shape index (κ1) is 16.0. The lowest BCUT2D eigenvalue weighted by atomic mass is 9.84. The van der Waals surface area contributed by atoms with E-state index in [4.69, 9.17) is 9.26 Å². The van der Waals surface area contributed by atoms with Gasteiger partial charge < -0.3 is 24.3 Å². The second kappa shape index (κ2) is 6.18. The molecule has 2 heterocycles. The monoisotopic (exact) mass is 308 g/mol. The van der Waals surface area contributed by atoms with Crippen LogP contribution in [0.4, 0.5) is 0 Å². The predicted octanol–water partition coefficient (Wildman–Crippen LogP) is 0.906. The van der Waals surface area contributed by atoms with Gasteiger partial charge in [-0.1, -0.05) is 13.8 Å². The number of aryl methyl sites for hydroxylation is 1. The zero-order chi connectivity index (χ0) is 16.3. The van der Waals surface area contributed by atoms with Gasteiger partial charge in [0, 0.05) is 24.9 Å². The number of hydrogen-bond donors (Lipinski definition) is 2. The van der Waals surface area contributed by atoms with Crippen LogP contribution in [0.5, 0.6) is 5.88 Å². The summed E-state index contributed by atoms with van der Waals surface area (Å²) in [5.74, 6) is 0.439. The maximum absolute atomic E-state index is 12.3. The fraction of sp³-hybridized carbons (Fsp3) is 0.500. The number of rotatable bonds is 6. The smallest absolute Gasteiger partial charge is 0.290 e. The molecule has 2 N–H and O–H groups in total. The highest BCUT2D eigenvalue weighted by molar-refractivity contribution is 5.91. The molecule has 120 valence electrons. The third kappa shape index (κ3) is 3.11. The van der Waals surface area contributed by atoms with Crippen LogP contribution in [-0.4, -0.2) is 39.4 Å². The van der Waals surface area contributed by atoms with Crippen molar-refractivity contribution >= 4 is 5.91 Å². The van der Waals surface area contributed by atoms with Gasteiger partial charge in [-0.25, -0.2) is 4.98 Å². The highest BCUT2D eigenvalue weighted by atomic mass is 16.5. The molecule has 2 rings (SSSR count). The number of aliphatic hydroxyl groups is 1. The number of hydrogen-bond acceptors (Lipinski definition) is 6.